The average molecular weight is 468 g/mol. The van der Waals surface area contributed by atoms with E-state index < -0.39 is 17.7 Å². The second-order valence-corrected chi connectivity index (χ2v) is 7.20. The predicted octanol–water partition coefficient (Wildman–Crippen LogP) is 2.88. The highest BCUT2D eigenvalue weighted by Gasteiger charge is 2.11. The van der Waals surface area contributed by atoms with E-state index in [4.69, 9.17) is 21.1 Å². The summed E-state index contributed by atoms with van der Waals surface area (Å²) in [5, 5.41) is 2.69. The Morgan fingerprint density at radius 2 is 1.33 bits per heavy atom. The molecule has 9 heteroatoms. The van der Waals surface area contributed by atoms with Gasteiger partial charge in [0.05, 0.1) is 17.1 Å². The van der Waals surface area contributed by atoms with Crippen LogP contribution in [0.1, 0.15) is 15.9 Å². The molecule has 0 aliphatic carbocycles. The Hall–Kier alpha value is -4.04. The first-order valence-electron chi connectivity index (χ1n) is 10.0. The number of carbonyl (C=O) groups excluding carboxylic acids is 3. The summed E-state index contributed by atoms with van der Waals surface area (Å²) in [6.45, 7) is -0.200. The average Bonchev–Trinajstić information content (AvgIpc) is 2.85. The number of ether oxygens (including phenoxy) is 2. The van der Waals surface area contributed by atoms with Gasteiger partial charge in [-0.05, 0) is 42.0 Å². The zero-order valence-corrected chi connectivity index (χ0v) is 18.3. The fourth-order valence-corrected chi connectivity index (χ4v) is 2.86. The third kappa shape index (κ3) is 7.86. The van der Waals surface area contributed by atoms with Crippen LogP contribution in [-0.2, 0) is 16.2 Å². The quantitative estimate of drug-likeness (QED) is 0.420. The van der Waals surface area contributed by atoms with Crippen molar-refractivity contribution in [1.82, 2.24) is 16.2 Å². The van der Waals surface area contributed by atoms with Crippen LogP contribution in [0.15, 0.2) is 78.9 Å². The molecule has 0 aliphatic heterocycles. The van der Waals surface area contributed by atoms with Crippen LogP contribution in [0.2, 0.25) is 5.02 Å². The first-order valence-corrected chi connectivity index (χ1v) is 10.4. The van der Waals surface area contributed by atoms with E-state index in [0.29, 0.717) is 18.1 Å². The van der Waals surface area contributed by atoms with Crippen LogP contribution in [0.3, 0.4) is 0 Å². The lowest BCUT2D eigenvalue weighted by Gasteiger charge is -2.10. The van der Waals surface area contributed by atoms with Crippen molar-refractivity contribution in [1.29, 1.82) is 0 Å². The highest BCUT2D eigenvalue weighted by molar-refractivity contribution is 6.33. The van der Waals surface area contributed by atoms with E-state index in [1.54, 1.807) is 42.5 Å². The van der Waals surface area contributed by atoms with Crippen molar-refractivity contribution >= 4 is 29.3 Å². The number of hydrogen-bond donors (Lipinski definition) is 3. The SMILES string of the molecule is O=C(CNC(=O)c1ccccc1Cl)NNC(=O)COc1ccc(OCc2ccccc2)cc1. The first kappa shape index (κ1) is 23.6. The summed E-state index contributed by atoms with van der Waals surface area (Å²) in [5.41, 5.74) is 5.71. The second kappa shape index (κ2) is 12.1. The molecule has 0 saturated heterocycles. The fraction of sp³-hybridized carbons (Fsp3) is 0.125. The smallest absolute Gasteiger partial charge is 0.276 e. The predicted molar refractivity (Wildman–Crippen MR) is 123 cm³/mol. The van der Waals surface area contributed by atoms with Gasteiger partial charge < -0.3 is 14.8 Å². The summed E-state index contributed by atoms with van der Waals surface area (Å²) < 4.78 is 11.1. The topological polar surface area (TPSA) is 106 Å². The van der Waals surface area contributed by atoms with Crippen LogP contribution in [0.25, 0.3) is 0 Å². The minimum Gasteiger partial charge on any atom is -0.489 e. The summed E-state index contributed by atoms with van der Waals surface area (Å²) in [6.07, 6.45) is 0. The summed E-state index contributed by atoms with van der Waals surface area (Å²) in [7, 11) is 0. The zero-order chi connectivity index (χ0) is 23.5. The van der Waals surface area contributed by atoms with Crippen LogP contribution in [-0.4, -0.2) is 30.9 Å². The molecule has 0 aliphatic rings. The van der Waals surface area contributed by atoms with E-state index in [0.717, 1.165) is 5.56 Å². The molecule has 0 unspecified atom stereocenters. The number of amides is 3. The highest BCUT2D eigenvalue weighted by atomic mass is 35.5. The third-order valence-electron chi connectivity index (χ3n) is 4.31. The minimum absolute atomic E-state index is 0.251. The Labute approximate surface area is 195 Å². The molecule has 0 fully saturated rings. The van der Waals surface area contributed by atoms with Gasteiger partial charge in [-0.15, -0.1) is 0 Å². The molecule has 0 atom stereocenters. The van der Waals surface area contributed by atoms with Gasteiger partial charge in [-0.25, -0.2) is 0 Å². The molecule has 8 nitrogen and oxygen atoms in total. The van der Waals surface area contributed by atoms with Crippen molar-refractivity contribution in [3.05, 3.63) is 95.0 Å². The lowest BCUT2D eigenvalue weighted by Crippen LogP contribution is -2.47. The molecule has 3 rings (SSSR count). The molecule has 3 N–H and O–H groups in total. The second-order valence-electron chi connectivity index (χ2n) is 6.79. The molecule has 3 amide bonds. The highest BCUT2D eigenvalue weighted by Crippen LogP contribution is 2.18. The lowest BCUT2D eigenvalue weighted by atomic mass is 10.2. The summed E-state index contributed by atoms with van der Waals surface area (Å²) in [6, 6.07) is 23.1. The van der Waals surface area contributed by atoms with Gasteiger partial charge in [0.15, 0.2) is 6.61 Å². The fourth-order valence-electron chi connectivity index (χ4n) is 2.64. The monoisotopic (exact) mass is 467 g/mol. The molecule has 0 heterocycles. The van der Waals surface area contributed by atoms with Crippen molar-refractivity contribution in [3.63, 3.8) is 0 Å². The van der Waals surface area contributed by atoms with Crippen molar-refractivity contribution in [3.8, 4) is 11.5 Å². The molecule has 0 aromatic heterocycles. The maximum absolute atomic E-state index is 12.0. The van der Waals surface area contributed by atoms with Gasteiger partial charge in [0.2, 0.25) is 0 Å². The van der Waals surface area contributed by atoms with Crippen molar-refractivity contribution in [2.75, 3.05) is 13.2 Å². The van der Waals surface area contributed by atoms with Crippen LogP contribution < -0.4 is 25.6 Å². The van der Waals surface area contributed by atoms with Crippen LogP contribution in [0.4, 0.5) is 0 Å². The normalized spacial score (nSPS) is 10.1. The molecule has 170 valence electrons. The maximum atomic E-state index is 12.0. The Bertz CT molecular complexity index is 1090. The molecular formula is C24H22ClN3O5. The van der Waals surface area contributed by atoms with E-state index in [-0.39, 0.29) is 23.7 Å². The third-order valence-corrected chi connectivity index (χ3v) is 4.64. The number of hydrazine groups is 1. The van der Waals surface area contributed by atoms with Gasteiger partial charge in [0.1, 0.15) is 18.1 Å². The minimum atomic E-state index is -0.608. The van der Waals surface area contributed by atoms with Crippen LogP contribution in [0.5, 0.6) is 11.5 Å². The van der Waals surface area contributed by atoms with E-state index >= 15 is 0 Å². The van der Waals surface area contributed by atoms with Gasteiger partial charge in [-0.1, -0.05) is 54.1 Å². The van der Waals surface area contributed by atoms with Crippen LogP contribution in [0, 0.1) is 0 Å². The molecule has 0 radical (unpaired) electrons. The Morgan fingerprint density at radius 3 is 2.03 bits per heavy atom. The molecular weight excluding hydrogens is 446 g/mol. The molecule has 0 bridgehead atoms. The maximum Gasteiger partial charge on any atom is 0.276 e. The van der Waals surface area contributed by atoms with Crippen molar-refractivity contribution < 1.29 is 23.9 Å². The van der Waals surface area contributed by atoms with Gasteiger partial charge in [0.25, 0.3) is 17.7 Å². The van der Waals surface area contributed by atoms with E-state index in [1.165, 1.54) is 6.07 Å². The Morgan fingerprint density at radius 1 is 0.727 bits per heavy atom. The van der Waals surface area contributed by atoms with Crippen LogP contribution >= 0.6 is 11.6 Å². The van der Waals surface area contributed by atoms with Crippen molar-refractivity contribution in [2.24, 2.45) is 0 Å². The summed E-state index contributed by atoms with van der Waals surface area (Å²) >= 11 is 5.93. The van der Waals surface area contributed by atoms with E-state index in [1.807, 2.05) is 30.3 Å². The molecule has 3 aromatic carbocycles. The standard InChI is InChI=1S/C24H22ClN3O5/c25-21-9-5-4-8-20(21)24(31)26-14-22(29)27-28-23(30)16-33-19-12-10-18(11-13-19)32-15-17-6-2-1-3-7-17/h1-13H,14-16H2,(H,26,31)(H,27,29)(H,28,30). The Balaban J connectivity index is 1.33. The van der Waals surface area contributed by atoms with E-state index in [9.17, 15) is 14.4 Å². The number of hydrogen-bond acceptors (Lipinski definition) is 5. The molecule has 0 saturated carbocycles. The first-order chi connectivity index (χ1) is 16.0. The van der Waals surface area contributed by atoms with Gasteiger partial charge in [0, 0.05) is 0 Å². The zero-order valence-electron chi connectivity index (χ0n) is 17.5. The molecule has 0 spiro atoms. The summed E-state index contributed by atoms with van der Waals surface area (Å²) in [5.74, 6) is -0.534. The van der Waals surface area contributed by atoms with E-state index in [2.05, 4.69) is 16.2 Å². The lowest BCUT2D eigenvalue weighted by molar-refractivity contribution is -0.129. The van der Waals surface area contributed by atoms with Gasteiger partial charge in [-0.3, -0.25) is 25.2 Å². The summed E-state index contributed by atoms with van der Waals surface area (Å²) in [4.78, 5) is 35.7. The largest absolute Gasteiger partial charge is 0.489 e. The van der Waals surface area contributed by atoms with Gasteiger partial charge >= 0.3 is 0 Å². The Kier molecular flexibility index (Phi) is 8.67. The number of nitrogens with one attached hydrogen (secondary N) is 3. The number of carbonyl (C=O) groups is 3. The van der Waals surface area contributed by atoms with Crippen molar-refractivity contribution in [2.45, 2.75) is 6.61 Å². The number of rotatable bonds is 9. The number of benzene rings is 3. The molecule has 3 aromatic rings. The molecule has 33 heavy (non-hydrogen) atoms. The number of halogens is 1. The van der Waals surface area contributed by atoms with Gasteiger partial charge in [-0.2, -0.15) is 0 Å².